The molecule has 5 heterocycles. The van der Waals surface area contributed by atoms with Gasteiger partial charge in [0, 0.05) is 67.6 Å². The Hall–Kier alpha value is -3.94. The minimum Gasteiger partial charge on any atom is -0.422 e. The van der Waals surface area contributed by atoms with E-state index in [4.69, 9.17) is 9.15 Å². The van der Waals surface area contributed by atoms with Crippen LogP contribution in [0.1, 0.15) is 88.4 Å². The highest BCUT2D eigenvalue weighted by atomic mass is 32.2. The van der Waals surface area contributed by atoms with Gasteiger partial charge in [0.15, 0.2) is 0 Å². The van der Waals surface area contributed by atoms with Gasteiger partial charge in [0.2, 0.25) is 10.0 Å². The number of hydrogen-bond acceptors (Lipinski definition) is 10. The highest BCUT2D eigenvalue weighted by Crippen LogP contribution is 2.44. The molecule has 4 aliphatic heterocycles. The summed E-state index contributed by atoms with van der Waals surface area (Å²) in [5.74, 6) is -0.909. The number of aryl methyl sites for hydroxylation is 2. The van der Waals surface area contributed by atoms with E-state index in [1.807, 2.05) is 6.92 Å². The number of amides is 2. The number of nitrogens with one attached hydrogen (secondary N) is 1. The molecule has 278 valence electrons. The summed E-state index contributed by atoms with van der Waals surface area (Å²) in [6.45, 7) is 9.49. The van der Waals surface area contributed by atoms with Crippen molar-refractivity contribution in [2.45, 2.75) is 95.1 Å². The molecule has 1 N–H and O–H groups in total. The van der Waals surface area contributed by atoms with Gasteiger partial charge in [0.25, 0.3) is 11.8 Å². The number of nitrogens with zero attached hydrogens (tertiary/aromatic N) is 4. The standard InChI is InChI=1S/C39H49N5O7S/c1-23-18-32(42-17-16-41(4)28(20-42)22-50-5)24(2)35-34(23)29-12-15-43(21-31(29)38(47)51-35)37(46)25-6-11-30(36(45)40-52(48,49)39(3)13-14-39)33(19-25)44-26-7-8-27(44)10-9-26/h6,11,18-19,26-28H,7-10,12-17,20-22H2,1-5H3,(H,40,45)/t26?,27?,28-/m1/s1. The van der Waals surface area contributed by atoms with Gasteiger partial charge in [-0.3, -0.25) is 14.5 Å². The number of carbonyl (C=O) groups excluding carboxylic acids is 2. The van der Waals surface area contributed by atoms with Crippen LogP contribution >= 0.6 is 0 Å². The maximum absolute atomic E-state index is 14.2. The predicted octanol–water partition coefficient (Wildman–Crippen LogP) is 4.12. The molecule has 5 aliphatic rings. The van der Waals surface area contributed by atoms with Crippen LogP contribution in [-0.4, -0.2) is 99.8 Å². The largest absolute Gasteiger partial charge is 0.422 e. The summed E-state index contributed by atoms with van der Waals surface area (Å²) in [6.07, 6.45) is 5.53. The van der Waals surface area contributed by atoms with Gasteiger partial charge in [-0.05, 0) is 108 Å². The van der Waals surface area contributed by atoms with Crippen molar-refractivity contribution in [3.8, 4) is 0 Å². The molecular weight excluding hydrogens is 683 g/mol. The number of hydrogen-bond donors (Lipinski definition) is 1. The summed E-state index contributed by atoms with van der Waals surface area (Å²) in [6, 6.07) is 7.89. The SMILES string of the molecule is COC[C@H]1CN(c2cc(C)c3c4c(c(=O)oc3c2C)CN(C(=O)c2ccc(C(=O)NS(=O)(=O)C3(C)CC3)c(N3C5CCC3CC5)c2)CC4)CCN1C. The lowest BCUT2D eigenvalue weighted by atomic mass is 9.92. The number of methoxy groups -OCH3 is 1. The van der Waals surface area contributed by atoms with Crippen molar-refractivity contribution >= 4 is 44.2 Å². The van der Waals surface area contributed by atoms with Gasteiger partial charge < -0.3 is 23.9 Å². The Balaban J connectivity index is 1.09. The minimum atomic E-state index is -3.84. The number of fused-ring (bicyclic) bond motifs is 5. The first kappa shape index (κ1) is 35.1. The normalized spacial score (nSPS) is 24.0. The third-order valence-electron chi connectivity index (χ3n) is 12.6. The van der Waals surface area contributed by atoms with Gasteiger partial charge in [0.05, 0.1) is 40.8 Å². The van der Waals surface area contributed by atoms with Gasteiger partial charge in [0.1, 0.15) is 5.58 Å². The van der Waals surface area contributed by atoms with Crippen LogP contribution < -0.4 is 20.1 Å². The first-order valence-electron chi connectivity index (χ1n) is 18.6. The number of piperazine rings is 1. The van der Waals surface area contributed by atoms with Gasteiger partial charge >= 0.3 is 5.63 Å². The van der Waals surface area contributed by atoms with Gasteiger partial charge in [-0.2, -0.15) is 0 Å². The highest BCUT2D eigenvalue weighted by molar-refractivity contribution is 7.91. The minimum absolute atomic E-state index is 0.118. The van der Waals surface area contributed by atoms with Crippen LogP contribution in [0, 0.1) is 13.8 Å². The summed E-state index contributed by atoms with van der Waals surface area (Å²) in [5, 5.41) is 0.947. The molecule has 2 amide bonds. The third kappa shape index (κ3) is 5.79. The molecule has 3 aromatic rings. The number of anilines is 2. The highest BCUT2D eigenvalue weighted by Gasteiger charge is 2.51. The van der Waals surface area contributed by atoms with Gasteiger partial charge in [-0.1, -0.05) is 0 Å². The fourth-order valence-corrected chi connectivity index (χ4v) is 10.3. The van der Waals surface area contributed by atoms with E-state index in [-0.39, 0.29) is 36.1 Å². The Morgan fingerprint density at radius 3 is 2.38 bits per heavy atom. The van der Waals surface area contributed by atoms with E-state index < -0.39 is 26.3 Å². The average molecular weight is 732 g/mol. The van der Waals surface area contributed by atoms with Gasteiger partial charge in [-0.15, -0.1) is 0 Å². The smallest absolute Gasteiger partial charge is 0.341 e. The number of rotatable bonds is 8. The predicted molar refractivity (Wildman–Crippen MR) is 200 cm³/mol. The topological polar surface area (TPSA) is 133 Å². The Bertz CT molecular complexity index is 2120. The summed E-state index contributed by atoms with van der Waals surface area (Å²) < 4.78 is 39.0. The average Bonchev–Trinajstić information content (AvgIpc) is 3.60. The molecule has 12 nitrogen and oxygen atoms in total. The van der Waals surface area contributed by atoms with E-state index in [2.05, 4.69) is 39.5 Å². The van der Waals surface area contributed by atoms with Crippen LogP contribution in [0.3, 0.4) is 0 Å². The molecule has 1 aromatic heterocycles. The lowest BCUT2D eigenvalue weighted by Crippen LogP contribution is -2.53. The molecule has 0 unspecified atom stereocenters. The van der Waals surface area contributed by atoms with Crippen molar-refractivity contribution < 1.29 is 27.2 Å². The zero-order valence-corrected chi connectivity index (χ0v) is 31.6. The molecule has 13 heteroatoms. The van der Waals surface area contributed by atoms with Crippen LogP contribution in [0.2, 0.25) is 0 Å². The molecular formula is C39H49N5O7S. The van der Waals surface area contributed by atoms with E-state index in [1.54, 1.807) is 37.1 Å². The Kier molecular flexibility index (Phi) is 8.69. The zero-order chi connectivity index (χ0) is 36.7. The molecule has 1 saturated carbocycles. The maximum atomic E-state index is 14.2. The first-order valence-corrected chi connectivity index (χ1v) is 20.1. The molecule has 1 atom stereocenters. The molecule has 0 spiro atoms. The van der Waals surface area contributed by atoms with E-state index in [0.717, 1.165) is 73.1 Å². The Morgan fingerprint density at radius 2 is 1.71 bits per heavy atom. The lowest BCUT2D eigenvalue weighted by Gasteiger charge is -2.41. The number of likely N-dealkylation sites (N-methyl/N-ethyl adjacent to an activating group) is 1. The van der Waals surface area contributed by atoms with Crippen molar-refractivity contribution in [2.75, 3.05) is 56.7 Å². The van der Waals surface area contributed by atoms with E-state index in [9.17, 15) is 22.8 Å². The lowest BCUT2D eigenvalue weighted by molar-refractivity contribution is 0.0732. The second kappa shape index (κ2) is 12.9. The number of ether oxygens (including phenoxy) is 1. The molecule has 1 aliphatic carbocycles. The van der Waals surface area contributed by atoms with Crippen molar-refractivity contribution in [3.63, 3.8) is 0 Å². The van der Waals surface area contributed by atoms with Crippen molar-refractivity contribution in [1.29, 1.82) is 0 Å². The Morgan fingerprint density at radius 1 is 1.00 bits per heavy atom. The van der Waals surface area contributed by atoms with Crippen LogP contribution in [0.25, 0.3) is 11.0 Å². The van der Waals surface area contributed by atoms with Gasteiger partial charge in [-0.25, -0.2) is 17.9 Å². The maximum Gasteiger partial charge on any atom is 0.341 e. The molecule has 2 aromatic carbocycles. The first-order chi connectivity index (χ1) is 24.8. The number of benzene rings is 2. The van der Waals surface area contributed by atoms with Crippen LogP contribution in [0.5, 0.6) is 0 Å². The zero-order valence-electron chi connectivity index (χ0n) is 30.8. The fraction of sp³-hybridized carbons (Fsp3) is 0.564. The molecule has 2 bridgehead atoms. The summed E-state index contributed by atoms with van der Waals surface area (Å²) in [4.78, 5) is 50.0. The van der Waals surface area contributed by atoms with E-state index in [0.29, 0.717) is 54.8 Å². The summed E-state index contributed by atoms with van der Waals surface area (Å²) in [5.41, 5.74) is 5.91. The quantitative estimate of drug-likeness (QED) is 0.338. The van der Waals surface area contributed by atoms with Crippen molar-refractivity contribution in [2.24, 2.45) is 0 Å². The van der Waals surface area contributed by atoms with Crippen LogP contribution in [-0.2, 0) is 27.7 Å². The van der Waals surface area contributed by atoms with Crippen LogP contribution in [0.15, 0.2) is 33.5 Å². The number of sulfonamides is 1. The molecule has 0 radical (unpaired) electrons. The summed E-state index contributed by atoms with van der Waals surface area (Å²) in [7, 11) is 0.00558. The fourth-order valence-electron chi connectivity index (χ4n) is 9.09. The van der Waals surface area contributed by atoms with Crippen LogP contribution in [0.4, 0.5) is 11.4 Å². The second-order valence-corrected chi connectivity index (χ2v) is 18.1. The Labute approximate surface area is 305 Å². The monoisotopic (exact) mass is 731 g/mol. The molecule has 4 fully saturated rings. The number of carbonyl (C=O) groups is 2. The second-order valence-electron chi connectivity index (χ2n) is 15.9. The van der Waals surface area contributed by atoms with E-state index >= 15 is 0 Å². The van der Waals surface area contributed by atoms with E-state index in [1.165, 1.54) is 0 Å². The third-order valence-corrected chi connectivity index (χ3v) is 14.8. The molecule has 8 rings (SSSR count). The van der Waals surface area contributed by atoms with Crippen molar-refractivity contribution in [3.05, 3.63) is 68.1 Å². The molecule has 52 heavy (non-hydrogen) atoms. The molecule has 3 saturated heterocycles. The summed E-state index contributed by atoms with van der Waals surface area (Å²) >= 11 is 0. The van der Waals surface area contributed by atoms with Crippen molar-refractivity contribution in [1.82, 2.24) is 14.5 Å².